The van der Waals surface area contributed by atoms with Gasteiger partial charge in [-0.25, -0.2) is 13.1 Å². The standard InChI is InChI=1S/C17H20ClNO5S/c1-23-12-17(20,13-6-4-3-5-7-13)11-19-25(21,22)16-10-14(18)8-9-15(16)24-2/h3-10,19-20H,11-12H2,1-2H3/t17-/m1/s1. The van der Waals surface area contributed by atoms with Gasteiger partial charge in [0.15, 0.2) is 0 Å². The van der Waals surface area contributed by atoms with Gasteiger partial charge in [0.05, 0.1) is 13.7 Å². The number of ether oxygens (including phenoxy) is 2. The van der Waals surface area contributed by atoms with Crippen LogP contribution in [0.4, 0.5) is 0 Å². The molecule has 0 saturated carbocycles. The summed E-state index contributed by atoms with van der Waals surface area (Å²) < 4.78 is 37.8. The first kappa shape index (κ1) is 19.7. The number of rotatable bonds is 8. The van der Waals surface area contributed by atoms with Crippen LogP contribution in [0.2, 0.25) is 5.02 Å². The van der Waals surface area contributed by atoms with Gasteiger partial charge in [0.25, 0.3) is 0 Å². The number of benzene rings is 2. The minimum atomic E-state index is -3.96. The van der Waals surface area contributed by atoms with Crippen LogP contribution in [-0.2, 0) is 20.4 Å². The number of sulfonamides is 1. The number of aliphatic hydroxyl groups is 1. The third-order valence-corrected chi connectivity index (χ3v) is 5.32. The Morgan fingerprint density at radius 2 is 1.84 bits per heavy atom. The highest BCUT2D eigenvalue weighted by Crippen LogP contribution is 2.28. The summed E-state index contributed by atoms with van der Waals surface area (Å²) in [7, 11) is -1.16. The van der Waals surface area contributed by atoms with E-state index in [1.165, 1.54) is 32.4 Å². The minimum absolute atomic E-state index is 0.0772. The normalized spacial score (nSPS) is 14.1. The zero-order valence-corrected chi connectivity index (χ0v) is 15.5. The fourth-order valence-corrected chi connectivity index (χ4v) is 3.90. The van der Waals surface area contributed by atoms with E-state index in [1.807, 2.05) is 0 Å². The summed E-state index contributed by atoms with van der Waals surface area (Å²) in [6.07, 6.45) is 0. The Morgan fingerprint density at radius 3 is 2.44 bits per heavy atom. The van der Waals surface area contributed by atoms with Gasteiger partial charge >= 0.3 is 0 Å². The molecule has 2 aromatic carbocycles. The fourth-order valence-electron chi connectivity index (χ4n) is 2.38. The van der Waals surface area contributed by atoms with Gasteiger partial charge in [-0.15, -0.1) is 0 Å². The second-order valence-electron chi connectivity index (χ2n) is 5.45. The lowest BCUT2D eigenvalue weighted by atomic mass is 9.95. The smallest absolute Gasteiger partial charge is 0.244 e. The average Bonchev–Trinajstić information content (AvgIpc) is 2.61. The molecule has 0 aromatic heterocycles. The van der Waals surface area contributed by atoms with Crippen LogP contribution >= 0.6 is 11.6 Å². The van der Waals surface area contributed by atoms with E-state index in [0.717, 1.165) is 0 Å². The predicted octanol–water partition coefficient (Wildman–Crippen LogP) is 2.16. The molecule has 2 aromatic rings. The SMILES string of the molecule is COC[C@](O)(CNS(=O)(=O)c1cc(Cl)ccc1OC)c1ccccc1. The Hall–Kier alpha value is -1.64. The zero-order valence-electron chi connectivity index (χ0n) is 13.9. The van der Waals surface area contributed by atoms with Crippen molar-refractivity contribution in [3.05, 3.63) is 59.1 Å². The Bertz CT molecular complexity index is 813. The third-order valence-electron chi connectivity index (χ3n) is 3.66. The molecule has 0 aliphatic carbocycles. The van der Waals surface area contributed by atoms with Gasteiger partial charge in [0.1, 0.15) is 16.2 Å². The Kier molecular flexibility index (Phi) is 6.42. The van der Waals surface area contributed by atoms with Gasteiger partial charge in [0, 0.05) is 18.7 Å². The molecule has 25 heavy (non-hydrogen) atoms. The predicted molar refractivity (Wildman–Crippen MR) is 95.4 cm³/mol. The van der Waals surface area contributed by atoms with Crippen molar-refractivity contribution in [2.75, 3.05) is 27.4 Å². The maximum atomic E-state index is 12.6. The van der Waals surface area contributed by atoms with E-state index >= 15 is 0 Å². The summed E-state index contributed by atoms with van der Waals surface area (Å²) in [5.74, 6) is 0.159. The summed E-state index contributed by atoms with van der Waals surface area (Å²) in [4.78, 5) is -0.102. The first-order valence-electron chi connectivity index (χ1n) is 7.42. The van der Waals surface area contributed by atoms with E-state index in [2.05, 4.69) is 4.72 Å². The van der Waals surface area contributed by atoms with E-state index in [0.29, 0.717) is 5.56 Å². The maximum absolute atomic E-state index is 12.6. The summed E-state index contributed by atoms with van der Waals surface area (Å²) in [6.45, 7) is -0.352. The largest absolute Gasteiger partial charge is 0.495 e. The van der Waals surface area contributed by atoms with E-state index in [9.17, 15) is 13.5 Å². The highest BCUT2D eigenvalue weighted by molar-refractivity contribution is 7.89. The van der Waals surface area contributed by atoms with Crippen LogP contribution in [0, 0.1) is 0 Å². The number of nitrogens with one attached hydrogen (secondary N) is 1. The van der Waals surface area contributed by atoms with Crippen LogP contribution in [-0.4, -0.2) is 40.9 Å². The summed E-state index contributed by atoms with van der Waals surface area (Å²) in [5.41, 5.74) is -0.980. The molecule has 0 aliphatic rings. The Morgan fingerprint density at radius 1 is 1.16 bits per heavy atom. The molecule has 0 spiro atoms. The average molecular weight is 386 g/mol. The van der Waals surface area contributed by atoms with Gasteiger partial charge in [-0.3, -0.25) is 0 Å². The van der Waals surface area contributed by atoms with E-state index in [1.54, 1.807) is 30.3 Å². The molecule has 6 nitrogen and oxygen atoms in total. The van der Waals surface area contributed by atoms with Crippen molar-refractivity contribution in [1.82, 2.24) is 4.72 Å². The van der Waals surface area contributed by atoms with Gasteiger partial charge in [-0.1, -0.05) is 41.9 Å². The molecular formula is C17H20ClNO5S. The molecular weight excluding hydrogens is 366 g/mol. The van der Waals surface area contributed by atoms with Crippen LogP contribution in [0.15, 0.2) is 53.4 Å². The van der Waals surface area contributed by atoms with Crippen molar-refractivity contribution >= 4 is 21.6 Å². The second kappa shape index (κ2) is 8.16. The first-order valence-corrected chi connectivity index (χ1v) is 9.28. The van der Waals surface area contributed by atoms with Crippen molar-refractivity contribution < 1.29 is 23.0 Å². The summed E-state index contributed by atoms with van der Waals surface area (Å²) >= 11 is 5.90. The molecule has 1 atom stereocenters. The molecule has 136 valence electrons. The van der Waals surface area contributed by atoms with Crippen LogP contribution in [0.25, 0.3) is 0 Å². The van der Waals surface area contributed by atoms with Crippen molar-refractivity contribution in [2.45, 2.75) is 10.5 Å². The maximum Gasteiger partial charge on any atom is 0.244 e. The van der Waals surface area contributed by atoms with Crippen LogP contribution in [0.1, 0.15) is 5.56 Å². The number of hydrogen-bond acceptors (Lipinski definition) is 5. The zero-order chi connectivity index (χ0) is 18.5. The molecule has 0 saturated heterocycles. The van der Waals surface area contributed by atoms with E-state index < -0.39 is 15.6 Å². The van der Waals surface area contributed by atoms with Crippen molar-refractivity contribution in [3.63, 3.8) is 0 Å². The molecule has 0 radical (unpaired) electrons. The highest BCUT2D eigenvalue weighted by Gasteiger charge is 2.32. The molecule has 0 heterocycles. The summed E-state index contributed by atoms with van der Waals surface area (Å²) in [6, 6.07) is 13.0. The molecule has 0 aliphatic heterocycles. The van der Waals surface area contributed by atoms with Crippen LogP contribution in [0.5, 0.6) is 5.75 Å². The number of halogens is 1. The lowest BCUT2D eigenvalue weighted by molar-refractivity contribution is -0.0310. The third kappa shape index (κ3) is 4.71. The number of methoxy groups -OCH3 is 2. The monoisotopic (exact) mass is 385 g/mol. The topological polar surface area (TPSA) is 84.9 Å². The molecule has 0 bridgehead atoms. The van der Waals surface area contributed by atoms with Crippen molar-refractivity contribution in [3.8, 4) is 5.75 Å². The van der Waals surface area contributed by atoms with Crippen molar-refractivity contribution in [2.24, 2.45) is 0 Å². The van der Waals surface area contributed by atoms with Crippen molar-refractivity contribution in [1.29, 1.82) is 0 Å². The minimum Gasteiger partial charge on any atom is -0.495 e. The molecule has 8 heteroatoms. The quantitative estimate of drug-likeness (QED) is 0.727. The fraction of sp³-hybridized carbons (Fsp3) is 0.294. The molecule has 2 N–H and O–H groups in total. The van der Waals surface area contributed by atoms with Gasteiger partial charge in [-0.2, -0.15) is 0 Å². The Balaban J connectivity index is 2.30. The molecule has 0 fully saturated rings. The summed E-state index contributed by atoms with van der Waals surface area (Å²) in [5, 5.41) is 11.1. The van der Waals surface area contributed by atoms with Crippen LogP contribution in [0.3, 0.4) is 0 Å². The van der Waals surface area contributed by atoms with E-state index in [-0.39, 0.29) is 28.8 Å². The first-order chi connectivity index (χ1) is 11.8. The van der Waals surface area contributed by atoms with Gasteiger partial charge < -0.3 is 14.6 Å². The lowest BCUT2D eigenvalue weighted by Crippen LogP contribution is -2.44. The molecule has 2 rings (SSSR count). The second-order valence-corrected chi connectivity index (χ2v) is 7.62. The highest BCUT2D eigenvalue weighted by atomic mass is 35.5. The Labute approximate surface area is 152 Å². The molecule has 0 amide bonds. The lowest BCUT2D eigenvalue weighted by Gasteiger charge is -2.28. The van der Waals surface area contributed by atoms with Gasteiger partial charge in [-0.05, 0) is 23.8 Å². The van der Waals surface area contributed by atoms with Gasteiger partial charge in [0.2, 0.25) is 10.0 Å². The van der Waals surface area contributed by atoms with E-state index in [4.69, 9.17) is 21.1 Å². The molecule has 0 unspecified atom stereocenters. The van der Waals surface area contributed by atoms with Crippen LogP contribution < -0.4 is 9.46 Å². The number of hydrogen-bond donors (Lipinski definition) is 2.